The highest BCUT2D eigenvalue weighted by Crippen LogP contribution is 2.20. The monoisotopic (exact) mass is 281 g/mol. The summed E-state index contributed by atoms with van der Waals surface area (Å²) >= 11 is 0. The fraction of sp³-hybridized carbons (Fsp3) is 0.294. The van der Waals surface area contributed by atoms with Crippen molar-refractivity contribution >= 4 is 17.3 Å². The Kier molecular flexibility index (Phi) is 3.86. The van der Waals surface area contributed by atoms with Crippen molar-refractivity contribution in [3.05, 3.63) is 53.9 Å². The third-order valence-corrected chi connectivity index (χ3v) is 3.80. The molecule has 4 nitrogen and oxygen atoms in total. The van der Waals surface area contributed by atoms with Crippen LogP contribution in [0, 0.1) is 6.92 Å². The van der Waals surface area contributed by atoms with Gasteiger partial charge in [-0.05, 0) is 43.5 Å². The first-order chi connectivity index (χ1) is 10.2. The first-order valence-corrected chi connectivity index (χ1v) is 7.32. The van der Waals surface area contributed by atoms with E-state index in [2.05, 4.69) is 23.3 Å². The quantitative estimate of drug-likeness (QED) is 0.938. The third kappa shape index (κ3) is 3.05. The highest BCUT2D eigenvalue weighted by atomic mass is 16.2. The van der Waals surface area contributed by atoms with E-state index in [0.717, 1.165) is 37.3 Å². The second-order valence-electron chi connectivity index (χ2n) is 5.37. The van der Waals surface area contributed by atoms with Crippen LogP contribution in [0.2, 0.25) is 0 Å². The summed E-state index contributed by atoms with van der Waals surface area (Å²) in [6.45, 7) is 3.76. The van der Waals surface area contributed by atoms with Gasteiger partial charge in [0.15, 0.2) is 0 Å². The molecule has 0 spiro atoms. The predicted octanol–water partition coefficient (Wildman–Crippen LogP) is 3.37. The molecule has 1 aromatic carbocycles. The van der Waals surface area contributed by atoms with Gasteiger partial charge in [0.2, 0.25) is 0 Å². The van der Waals surface area contributed by atoms with E-state index in [0.29, 0.717) is 5.69 Å². The van der Waals surface area contributed by atoms with E-state index < -0.39 is 0 Å². The summed E-state index contributed by atoms with van der Waals surface area (Å²) < 4.78 is 0. The molecule has 0 aliphatic carbocycles. The zero-order chi connectivity index (χ0) is 14.7. The standard InChI is InChI=1S/C17H19N3O/c1-13-6-2-3-7-15(13)19-14-8-9-16(18-12-14)17(21)20-10-4-5-11-20/h2-3,6-9,12,19H,4-5,10-11H2,1H3. The lowest BCUT2D eigenvalue weighted by Crippen LogP contribution is -2.28. The smallest absolute Gasteiger partial charge is 0.272 e. The van der Waals surface area contributed by atoms with Gasteiger partial charge in [0.25, 0.3) is 5.91 Å². The van der Waals surface area contributed by atoms with Crippen molar-refractivity contribution in [3.8, 4) is 0 Å². The summed E-state index contributed by atoms with van der Waals surface area (Å²) in [6, 6.07) is 11.8. The number of likely N-dealkylation sites (tertiary alicyclic amines) is 1. The van der Waals surface area contributed by atoms with Crippen molar-refractivity contribution in [1.29, 1.82) is 0 Å². The second kappa shape index (κ2) is 5.95. The molecule has 2 heterocycles. The molecule has 2 aromatic rings. The zero-order valence-corrected chi connectivity index (χ0v) is 12.2. The Labute approximate surface area is 124 Å². The van der Waals surface area contributed by atoms with Crippen LogP contribution in [-0.2, 0) is 0 Å². The lowest BCUT2D eigenvalue weighted by molar-refractivity contribution is 0.0787. The fourth-order valence-corrected chi connectivity index (χ4v) is 2.55. The van der Waals surface area contributed by atoms with Crippen molar-refractivity contribution in [3.63, 3.8) is 0 Å². The molecule has 1 aliphatic heterocycles. The van der Waals surface area contributed by atoms with Crippen LogP contribution < -0.4 is 5.32 Å². The maximum atomic E-state index is 12.2. The Morgan fingerprint density at radius 3 is 2.57 bits per heavy atom. The number of carbonyl (C=O) groups excluding carboxylic acids is 1. The van der Waals surface area contributed by atoms with Gasteiger partial charge in [-0.1, -0.05) is 18.2 Å². The van der Waals surface area contributed by atoms with E-state index in [-0.39, 0.29) is 5.91 Å². The molecule has 3 rings (SSSR count). The number of nitrogens with zero attached hydrogens (tertiary/aromatic N) is 2. The molecule has 0 bridgehead atoms. The molecule has 1 fully saturated rings. The Morgan fingerprint density at radius 1 is 1.14 bits per heavy atom. The van der Waals surface area contributed by atoms with Crippen molar-refractivity contribution < 1.29 is 4.79 Å². The minimum atomic E-state index is 0.0370. The number of nitrogens with one attached hydrogen (secondary N) is 1. The molecule has 0 atom stereocenters. The van der Waals surface area contributed by atoms with Crippen LogP contribution in [0.1, 0.15) is 28.9 Å². The normalized spacial score (nSPS) is 14.2. The predicted molar refractivity (Wildman–Crippen MR) is 83.8 cm³/mol. The van der Waals surface area contributed by atoms with Crippen molar-refractivity contribution in [1.82, 2.24) is 9.88 Å². The van der Waals surface area contributed by atoms with Gasteiger partial charge in [-0.3, -0.25) is 4.79 Å². The molecule has 1 amide bonds. The van der Waals surface area contributed by atoms with Gasteiger partial charge in [0, 0.05) is 18.8 Å². The summed E-state index contributed by atoms with van der Waals surface area (Å²) in [4.78, 5) is 18.4. The maximum absolute atomic E-state index is 12.2. The van der Waals surface area contributed by atoms with Gasteiger partial charge in [0.05, 0.1) is 11.9 Å². The number of amides is 1. The van der Waals surface area contributed by atoms with Crippen LogP contribution in [-0.4, -0.2) is 28.9 Å². The van der Waals surface area contributed by atoms with E-state index in [1.807, 2.05) is 29.2 Å². The topological polar surface area (TPSA) is 45.2 Å². The van der Waals surface area contributed by atoms with E-state index in [1.54, 1.807) is 12.3 Å². The summed E-state index contributed by atoms with van der Waals surface area (Å²) in [5.74, 6) is 0.0370. The summed E-state index contributed by atoms with van der Waals surface area (Å²) in [5.41, 5.74) is 3.64. The zero-order valence-electron chi connectivity index (χ0n) is 12.2. The third-order valence-electron chi connectivity index (χ3n) is 3.80. The largest absolute Gasteiger partial charge is 0.354 e. The molecule has 21 heavy (non-hydrogen) atoms. The number of para-hydroxylation sites is 1. The molecule has 1 N–H and O–H groups in total. The molecule has 108 valence electrons. The van der Waals surface area contributed by atoms with Gasteiger partial charge >= 0.3 is 0 Å². The average Bonchev–Trinajstić information content (AvgIpc) is 3.04. The van der Waals surface area contributed by atoms with Crippen molar-refractivity contribution in [2.45, 2.75) is 19.8 Å². The molecule has 1 aliphatic rings. The SMILES string of the molecule is Cc1ccccc1Nc1ccc(C(=O)N2CCCC2)nc1. The van der Waals surface area contributed by atoms with Crippen LogP contribution in [0.5, 0.6) is 0 Å². The van der Waals surface area contributed by atoms with Gasteiger partial charge < -0.3 is 10.2 Å². The van der Waals surface area contributed by atoms with Gasteiger partial charge in [-0.25, -0.2) is 4.98 Å². The molecule has 1 saturated heterocycles. The Hall–Kier alpha value is -2.36. The second-order valence-corrected chi connectivity index (χ2v) is 5.37. The first kappa shape index (κ1) is 13.6. The number of pyridine rings is 1. The number of anilines is 2. The van der Waals surface area contributed by atoms with Crippen LogP contribution in [0.3, 0.4) is 0 Å². The van der Waals surface area contributed by atoms with Crippen molar-refractivity contribution in [2.24, 2.45) is 0 Å². The van der Waals surface area contributed by atoms with E-state index in [4.69, 9.17) is 0 Å². The highest BCUT2D eigenvalue weighted by Gasteiger charge is 2.20. The lowest BCUT2D eigenvalue weighted by atomic mass is 10.2. The minimum absolute atomic E-state index is 0.0370. The van der Waals surface area contributed by atoms with Gasteiger partial charge in [-0.15, -0.1) is 0 Å². The van der Waals surface area contributed by atoms with E-state index in [1.165, 1.54) is 5.56 Å². The summed E-state index contributed by atoms with van der Waals surface area (Å²) in [5, 5.41) is 3.32. The number of hydrogen-bond acceptors (Lipinski definition) is 3. The molecule has 0 unspecified atom stereocenters. The lowest BCUT2D eigenvalue weighted by Gasteiger charge is -2.15. The summed E-state index contributed by atoms with van der Waals surface area (Å²) in [6.07, 6.45) is 3.91. The van der Waals surface area contributed by atoms with E-state index >= 15 is 0 Å². The van der Waals surface area contributed by atoms with Crippen LogP contribution in [0.4, 0.5) is 11.4 Å². The Balaban J connectivity index is 1.72. The molecule has 0 radical (unpaired) electrons. The molecular weight excluding hydrogens is 262 g/mol. The van der Waals surface area contributed by atoms with Gasteiger partial charge in [0.1, 0.15) is 5.69 Å². The minimum Gasteiger partial charge on any atom is -0.354 e. The molecule has 1 aromatic heterocycles. The number of hydrogen-bond donors (Lipinski definition) is 1. The van der Waals surface area contributed by atoms with Crippen LogP contribution in [0.25, 0.3) is 0 Å². The number of benzene rings is 1. The number of carbonyl (C=O) groups is 1. The van der Waals surface area contributed by atoms with Crippen molar-refractivity contribution in [2.75, 3.05) is 18.4 Å². The number of aromatic nitrogens is 1. The van der Waals surface area contributed by atoms with Crippen LogP contribution >= 0.6 is 0 Å². The molecular formula is C17H19N3O. The summed E-state index contributed by atoms with van der Waals surface area (Å²) in [7, 11) is 0. The average molecular weight is 281 g/mol. The number of aryl methyl sites for hydroxylation is 1. The van der Waals surface area contributed by atoms with Crippen LogP contribution in [0.15, 0.2) is 42.6 Å². The Bertz CT molecular complexity index is 631. The first-order valence-electron chi connectivity index (χ1n) is 7.32. The molecule has 4 heteroatoms. The maximum Gasteiger partial charge on any atom is 0.272 e. The van der Waals surface area contributed by atoms with E-state index in [9.17, 15) is 4.79 Å². The highest BCUT2D eigenvalue weighted by molar-refractivity contribution is 5.92. The fourth-order valence-electron chi connectivity index (χ4n) is 2.55. The number of rotatable bonds is 3. The van der Waals surface area contributed by atoms with Gasteiger partial charge in [-0.2, -0.15) is 0 Å². The molecule has 0 saturated carbocycles. The Morgan fingerprint density at radius 2 is 1.90 bits per heavy atom.